The Kier molecular flexibility index (Phi) is 4.71. The van der Waals surface area contributed by atoms with Gasteiger partial charge < -0.3 is 4.74 Å². The number of ether oxygens (including phenoxy) is 1. The van der Waals surface area contributed by atoms with Crippen molar-refractivity contribution >= 4 is 17.5 Å². The lowest BCUT2D eigenvalue weighted by Crippen LogP contribution is -2.31. The highest BCUT2D eigenvalue weighted by Gasteiger charge is 2.40. The molecule has 134 valence electrons. The smallest absolute Gasteiger partial charge is 0.282 e. The van der Waals surface area contributed by atoms with Gasteiger partial charge in [-0.2, -0.15) is 0 Å². The van der Waals surface area contributed by atoms with Gasteiger partial charge in [-0.25, -0.2) is 0 Å². The lowest BCUT2D eigenvalue weighted by Gasteiger charge is -2.14. The average Bonchev–Trinajstić information content (AvgIpc) is 2.86. The van der Waals surface area contributed by atoms with Crippen LogP contribution < -0.4 is 4.74 Å². The number of rotatable bonds is 6. The molecule has 7 nitrogen and oxygen atoms in total. The van der Waals surface area contributed by atoms with Gasteiger partial charge in [0.1, 0.15) is 11.3 Å². The Morgan fingerprint density at radius 3 is 2.54 bits per heavy atom. The first kappa shape index (κ1) is 17.6. The number of fused-ring (bicyclic) bond motifs is 1. The van der Waals surface area contributed by atoms with Crippen LogP contribution in [0.15, 0.2) is 36.4 Å². The monoisotopic (exact) mass is 354 g/mol. The molecule has 0 aromatic heterocycles. The molecule has 2 aromatic rings. The highest BCUT2D eigenvalue weighted by Crippen LogP contribution is 2.30. The molecule has 1 aliphatic rings. The molecule has 0 saturated heterocycles. The molecular formula is C19H18N2O5. The van der Waals surface area contributed by atoms with E-state index in [-0.39, 0.29) is 23.4 Å². The summed E-state index contributed by atoms with van der Waals surface area (Å²) < 4.78 is 5.65. The highest BCUT2D eigenvalue weighted by molar-refractivity contribution is 6.23. The Morgan fingerprint density at radius 2 is 1.85 bits per heavy atom. The van der Waals surface area contributed by atoms with E-state index in [4.69, 9.17) is 4.74 Å². The molecular weight excluding hydrogens is 336 g/mol. The van der Waals surface area contributed by atoms with E-state index in [0.29, 0.717) is 13.0 Å². The van der Waals surface area contributed by atoms with E-state index in [1.807, 2.05) is 32.0 Å². The van der Waals surface area contributed by atoms with E-state index < -0.39 is 16.7 Å². The summed E-state index contributed by atoms with van der Waals surface area (Å²) in [4.78, 5) is 36.3. The Labute approximate surface area is 150 Å². The minimum absolute atomic E-state index is 0.0827. The van der Waals surface area contributed by atoms with Gasteiger partial charge in [0.25, 0.3) is 17.5 Å². The van der Waals surface area contributed by atoms with Gasteiger partial charge in [0.2, 0.25) is 0 Å². The molecule has 0 spiro atoms. The van der Waals surface area contributed by atoms with E-state index in [9.17, 15) is 19.7 Å². The fourth-order valence-electron chi connectivity index (χ4n) is 2.89. The average molecular weight is 354 g/mol. The Bertz CT molecular complexity index is 907. The SMILES string of the molecule is Cc1ccc(OCCCN2C(=O)c3cccc([N+](=O)[O-])c3C2=O)cc1C. The molecule has 0 fully saturated rings. The highest BCUT2D eigenvalue weighted by atomic mass is 16.6. The van der Waals surface area contributed by atoms with Gasteiger partial charge in [-0.1, -0.05) is 12.1 Å². The summed E-state index contributed by atoms with van der Waals surface area (Å²) in [5.74, 6) is -0.394. The molecule has 1 heterocycles. The van der Waals surface area contributed by atoms with Crippen LogP contribution in [0, 0.1) is 24.0 Å². The maximum Gasteiger partial charge on any atom is 0.282 e. The topological polar surface area (TPSA) is 89.8 Å². The van der Waals surface area contributed by atoms with Crippen LogP contribution in [-0.2, 0) is 0 Å². The van der Waals surface area contributed by atoms with Crippen molar-refractivity contribution in [3.63, 3.8) is 0 Å². The van der Waals surface area contributed by atoms with Gasteiger partial charge in [0, 0.05) is 12.6 Å². The molecule has 3 rings (SSSR count). The van der Waals surface area contributed by atoms with Gasteiger partial charge in [-0.05, 0) is 49.6 Å². The molecule has 2 amide bonds. The van der Waals surface area contributed by atoms with Crippen LogP contribution in [0.2, 0.25) is 0 Å². The number of carbonyl (C=O) groups excluding carboxylic acids is 2. The molecule has 0 bridgehead atoms. The number of aryl methyl sites for hydroxylation is 2. The van der Waals surface area contributed by atoms with Crippen molar-refractivity contribution in [2.24, 2.45) is 0 Å². The van der Waals surface area contributed by atoms with Crippen molar-refractivity contribution in [2.75, 3.05) is 13.2 Å². The second-order valence-electron chi connectivity index (χ2n) is 6.17. The third-order valence-corrected chi connectivity index (χ3v) is 4.45. The molecule has 0 atom stereocenters. The summed E-state index contributed by atoms with van der Waals surface area (Å²) in [6.45, 7) is 4.49. The number of hydrogen-bond donors (Lipinski definition) is 0. The first-order valence-electron chi connectivity index (χ1n) is 8.24. The van der Waals surface area contributed by atoms with Crippen LogP contribution in [0.1, 0.15) is 38.3 Å². The van der Waals surface area contributed by atoms with Crippen molar-refractivity contribution in [1.29, 1.82) is 0 Å². The van der Waals surface area contributed by atoms with E-state index in [2.05, 4.69) is 0 Å². The minimum Gasteiger partial charge on any atom is -0.494 e. The quantitative estimate of drug-likeness (QED) is 0.344. The molecule has 0 N–H and O–H groups in total. The van der Waals surface area contributed by atoms with Gasteiger partial charge >= 0.3 is 0 Å². The van der Waals surface area contributed by atoms with E-state index >= 15 is 0 Å². The zero-order valence-electron chi connectivity index (χ0n) is 14.5. The van der Waals surface area contributed by atoms with Crippen LogP contribution >= 0.6 is 0 Å². The Hall–Kier alpha value is -3.22. The summed E-state index contributed by atoms with van der Waals surface area (Å²) >= 11 is 0. The predicted molar refractivity (Wildman–Crippen MR) is 94.5 cm³/mol. The first-order valence-corrected chi connectivity index (χ1v) is 8.24. The number of nitro groups is 1. The zero-order valence-corrected chi connectivity index (χ0v) is 14.5. The van der Waals surface area contributed by atoms with Crippen molar-refractivity contribution in [2.45, 2.75) is 20.3 Å². The van der Waals surface area contributed by atoms with Crippen LogP contribution in [0.4, 0.5) is 5.69 Å². The molecule has 0 unspecified atom stereocenters. The standard InChI is InChI=1S/C19H18N2O5/c1-12-7-8-14(11-13(12)2)26-10-4-9-20-18(22)15-5-3-6-16(21(24)25)17(15)19(20)23/h3,5-8,11H,4,9-10H2,1-2H3. The second kappa shape index (κ2) is 6.95. The maximum absolute atomic E-state index is 12.4. The molecule has 1 aliphatic heterocycles. The largest absolute Gasteiger partial charge is 0.494 e. The third-order valence-electron chi connectivity index (χ3n) is 4.45. The van der Waals surface area contributed by atoms with Crippen LogP contribution in [0.3, 0.4) is 0 Å². The van der Waals surface area contributed by atoms with Gasteiger partial charge in [0.15, 0.2) is 0 Å². The normalized spacial score (nSPS) is 13.1. The maximum atomic E-state index is 12.4. The summed E-state index contributed by atoms with van der Waals surface area (Å²) in [6, 6.07) is 9.85. The summed E-state index contributed by atoms with van der Waals surface area (Å²) in [5.41, 5.74) is 1.91. The number of nitrogens with zero attached hydrogens (tertiary/aromatic N) is 2. The van der Waals surface area contributed by atoms with E-state index in [1.165, 1.54) is 23.8 Å². The first-order chi connectivity index (χ1) is 12.4. The third kappa shape index (κ3) is 3.15. The lowest BCUT2D eigenvalue weighted by atomic mass is 10.1. The molecule has 2 aromatic carbocycles. The Balaban J connectivity index is 1.63. The summed E-state index contributed by atoms with van der Waals surface area (Å²) in [7, 11) is 0. The lowest BCUT2D eigenvalue weighted by molar-refractivity contribution is -0.385. The fraction of sp³-hybridized carbons (Fsp3) is 0.263. The van der Waals surface area contributed by atoms with Crippen LogP contribution in [-0.4, -0.2) is 34.8 Å². The van der Waals surface area contributed by atoms with Crippen molar-refractivity contribution in [3.05, 3.63) is 68.8 Å². The van der Waals surface area contributed by atoms with Gasteiger partial charge in [0.05, 0.1) is 17.1 Å². The van der Waals surface area contributed by atoms with Gasteiger partial charge in [-0.15, -0.1) is 0 Å². The van der Waals surface area contributed by atoms with Crippen molar-refractivity contribution < 1.29 is 19.2 Å². The molecule has 0 aliphatic carbocycles. The molecule has 26 heavy (non-hydrogen) atoms. The van der Waals surface area contributed by atoms with Gasteiger partial charge in [-0.3, -0.25) is 24.6 Å². The van der Waals surface area contributed by atoms with Crippen molar-refractivity contribution in [1.82, 2.24) is 4.90 Å². The minimum atomic E-state index is -0.643. The predicted octanol–water partition coefficient (Wildman–Crippen LogP) is 3.28. The van der Waals surface area contributed by atoms with E-state index in [1.54, 1.807) is 0 Å². The number of amides is 2. The van der Waals surface area contributed by atoms with Crippen LogP contribution in [0.5, 0.6) is 5.75 Å². The fourth-order valence-corrected chi connectivity index (χ4v) is 2.89. The van der Waals surface area contributed by atoms with Crippen molar-refractivity contribution in [3.8, 4) is 5.75 Å². The van der Waals surface area contributed by atoms with Crippen LogP contribution in [0.25, 0.3) is 0 Å². The number of carbonyl (C=O) groups is 2. The molecule has 7 heteroatoms. The number of hydrogen-bond acceptors (Lipinski definition) is 5. The number of benzene rings is 2. The summed E-state index contributed by atoms with van der Waals surface area (Å²) in [6.07, 6.45) is 0.437. The summed E-state index contributed by atoms with van der Waals surface area (Å²) in [5, 5.41) is 11.1. The molecule has 0 radical (unpaired) electrons. The second-order valence-corrected chi connectivity index (χ2v) is 6.17. The zero-order chi connectivity index (χ0) is 18.8. The Morgan fingerprint density at radius 1 is 1.08 bits per heavy atom. The molecule has 0 saturated carbocycles. The number of nitro benzene ring substituents is 1. The van der Waals surface area contributed by atoms with E-state index in [0.717, 1.165) is 16.2 Å². The number of imide groups is 1.